The number of carbonyl (C=O) groups is 2. The summed E-state index contributed by atoms with van der Waals surface area (Å²) in [5, 5.41) is 12.6. The highest BCUT2D eigenvalue weighted by molar-refractivity contribution is 9.10. The predicted octanol–water partition coefficient (Wildman–Crippen LogP) is 8.22. The molecular weight excluding hydrogens is 606 g/mol. The van der Waals surface area contributed by atoms with Gasteiger partial charge in [0.25, 0.3) is 5.91 Å². The smallest absolute Gasteiger partial charge is 0.326 e. The molecule has 0 aliphatic heterocycles. The normalized spacial score (nSPS) is 11.4. The lowest BCUT2D eigenvalue weighted by Crippen LogP contribution is -2.42. The van der Waals surface area contributed by atoms with Crippen molar-refractivity contribution in [1.29, 1.82) is 0 Å². The Morgan fingerprint density at radius 2 is 1.53 bits per heavy atom. The highest BCUT2D eigenvalue weighted by Gasteiger charge is 2.23. The standard InChI is InChI=1S/C36H30BrNO5/c1-24-8-7-9-26(20-24)23-42-33-19-18-28(37)22-31(33)35(39)38-32(36(40)41)21-25-14-16-27(17-15-25)30-12-5-6-13-34(30)43-29-10-3-2-4-11-29/h2-20,22,32H,21,23H2,1H3,(H,38,39)(H,40,41). The van der Waals surface area contributed by atoms with E-state index in [9.17, 15) is 14.7 Å². The van der Waals surface area contributed by atoms with Crippen molar-refractivity contribution in [2.45, 2.75) is 26.0 Å². The van der Waals surface area contributed by atoms with Crippen LogP contribution in [0.5, 0.6) is 17.2 Å². The summed E-state index contributed by atoms with van der Waals surface area (Å²) in [7, 11) is 0. The summed E-state index contributed by atoms with van der Waals surface area (Å²) < 4.78 is 12.8. The van der Waals surface area contributed by atoms with Crippen molar-refractivity contribution >= 4 is 27.8 Å². The Morgan fingerprint density at radius 3 is 2.28 bits per heavy atom. The van der Waals surface area contributed by atoms with E-state index < -0.39 is 17.9 Å². The lowest BCUT2D eigenvalue weighted by Gasteiger charge is -2.17. The molecule has 43 heavy (non-hydrogen) atoms. The fraction of sp³-hybridized carbons (Fsp3) is 0.111. The van der Waals surface area contributed by atoms with Crippen molar-refractivity contribution in [2.75, 3.05) is 0 Å². The number of rotatable bonds is 11. The first kappa shape index (κ1) is 29.6. The number of halogens is 1. The number of carbonyl (C=O) groups excluding carboxylic acids is 1. The minimum absolute atomic E-state index is 0.108. The Hall–Kier alpha value is -4.88. The van der Waals surface area contributed by atoms with Crippen LogP contribution in [0.1, 0.15) is 27.0 Å². The van der Waals surface area contributed by atoms with E-state index >= 15 is 0 Å². The van der Waals surface area contributed by atoms with Crippen LogP contribution in [0.2, 0.25) is 0 Å². The fourth-order valence-corrected chi connectivity index (χ4v) is 5.03. The van der Waals surface area contributed by atoms with Crippen LogP contribution in [0.4, 0.5) is 0 Å². The molecule has 0 fully saturated rings. The number of ether oxygens (including phenoxy) is 2. The second-order valence-corrected chi connectivity index (χ2v) is 11.0. The first-order chi connectivity index (χ1) is 20.9. The van der Waals surface area contributed by atoms with Crippen molar-refractivity contribution in [2.24, 2.45) is 0 Å². The molecule has 5 aromatic carbocycles. The van der Waals surface area contributed by atoms with Crippen LogP contribution in [0.3, 0.4) is 0 Å². The Balaban J connectivity index is 1.29. The largest absolute Gasteiger partial charge is 0.488 e. The topological polar surface area (TPSA) is 84.9 Å². The number of hydrogen-bond acceptors (Lipinski definition) is 4. The van der Waals surface area contributed by atoms with Gasteiger partial charge in [-0.2, -0.15) is 0 Å². The van der Waals surface area contributed by atoms with Gasteiger partial charge in [0.15, 0.2) is 0 Å². The molecule has 0 bridgehead atoms. The molecule has 216 valence electrons. The van der Waals surface area contributed by atoms with Crippen molar-refractivity contribution < 1.29 is 24.2 Å². The third kappa shape index (κ3) is 7.90. The Labute approximate surface area is 259 Å². The van der Waals surface area contributed by atoms with E-state index in [-0.39, 0.29) is 18.6 Å². The van der Waals surface area contributed by atoms with Crippen LogP contribution in [0.15, 0.2) is 126 Å². The van der Waals surface area contributed by atoms with Crippen LogP contribution < -0.4 is 14.8 Å². The molecule has 0 radical (unpaired) electrons. The van der Waals surface area contributed by atoms with Gasteiger partial charge in [0.05, 0.1) is 5.56 Å². The van der Waals surface area contributed by atoms with Gasteiger partial charge in [0.2, 0.25) is 0 Å². The third-order valence-corrected chi connectivity index (χ3v) is 7.32. The van der Waals surface area contributed by atoms with Gasteiger partial charge < -0.3 is 19.9 Å². The number of carboxylic acid groups (broad SMARTS) is 1. The van der Waals surface area contributed by atoms with Crippen molar-refractivity contribution in [3.63, 3.8) is 0 Å². The molecule has 6 nitrogen and oxygen atoms in total. The van der Waals surface area contributed by atoms with Crippen LogP contribution >= 0.6 is 15.9 Å². The van der Waals surface area contributed by atoms with Crippen molar-refractivity contribution in [3.05, 3.63) is 148 Å². The number of amides is 1. The number of benzene rings is 5. The van der Waals surface area contributed by atoms with Gasteiger partial charge in [-0.1, -0.05) is 106 Å². The zero-order chi connectivity index (χ0) is 30.2. The summed E-state index contributed by atoms with van der Waals surface area (Å²) in [6.45, 7) is 2.28. The summed E-state index contributed by atoms with van der Waals surface area (Å²) in [6, 6.07) is 36.8. The lowest BCUT2D eigenvalue weighted by atomic mass is 9.99. The maximum atomic E-state index is 13.3. The number of nitrogens with one attached hydrogen (secondary N) is 1. The monoisotopic (exact) mass is 635 g/mol. The van der Waals surface area contributed by atoms with Gasteiger partial charge in [-0.3, -0.25) is 4.79 Å². The molecule has 0 saturated carbocycles. The van der Waals surface area contributed by atoms with Crippen LogP contribution in [0, 0.1) is 6.92 Å². The fourth-order valence-electron chi connectivity index (χ4n) is 4.67. The molecule has 1 atom stereocenters. The highest BCUT2D eigenvalue weighted by Crippen LogP contribution is 2.33. The van der Waals surface area contributed by atoms with Gasteiger partial charge >= 0.3 is 5.97 Å². The van der Waals surface area contributed by atoms with E-state index in [1.54, 1.807) is 18.2 Å². The molecule has 0 spiro atoms. The second kappa shape index (κ2) is 13.9. The molecule has 0 aromatic heterocycles. The number of carboxylic acids is 1. The van der Waals surface area contributed by atoms with Crippen LogP contribution in [-0.4, -0.2) is 23.0 Å². The van der Waals surface area contributed by atoms with Crippen molar-refractivity contribution in [3.8, 4) is 28.4 Å². The van der Waals surface area contributed by atoms with Crippen molar-refractivity contribution in [1.82, 2.24) is 5.32 Å². The molecule has 1 unspecified atom stereocenters. The van der Waals surface area contributed by atoms with Gasteiger partial charge in [0.1, 0.15) is 29.9 Å². The van der Waals surface area contributed by atoms with E-state index in [4.69, 9.17) is 9.47 Å². The molecule has 2 N–H and O–H groups in total. The first-order valence-corrected chi connectivity index (χ1v) is 14.6. The Morgan fingerprint density at radius 1 is 0.791 bits per heavy atom. The Kier molecular flexibility index (Phi) is 9.54. The summed E-state index contributed by atoms with van der Waals surface area (Å²) in [6.07, 6.45) is 0.108. The van der Waals surface area contributed by atoms with Gasteiger partial charge in [-0.25, -0.2) is 4.79 Å². The Bertz CT molecular complexity index is 1720. The van der Waals surface area contributed by atoms with E-state index in [1.165, 1.54) is 0 Å². The molecule has 1 amide bonds. The maximum absolute atomic E-state index is 13.3. The number of para-hydroxylation sites is 2. The molecule has 7 heteroatoms. The predicted molar refractivity (Wildman–Crippen MR) is 171 cm³/mol. The van der Waals surface area contributed by atoms with Crippen LogP contribution in [-0.2, 0) is 17.8 Å². The quantitative estimate of drug-likeness (QED) is 0.153. The van der Waals surface area contributed by atoms with Gasteiger partial charge in [0, 0.05) is 16.5 Å². The van der Waals surface area contributed by atoms with E-state index in [2.05, 4.69) is 21.2 Å². The number of hydrogen-bond donors (Lipinski definition) is 2. The third-order valence-electron chi connectivity index (χ3n) is 6.83. The molecule has 0 aliphatic carbocycles. The lowest BCUT2D eigenvalue weighted by molar-refractivity contribution is -0.139. The zero-order valence-electron chi connectivity index (χ0n) is 23.5. The van der Waals surface area contributed by atoms with E-state index in [0.717, 1.165) is 33.6 Å². The van der Waals surface area contributed by atoms with Gasteiger partial charge in [-0.15, -0.1) is 0 Å². The summed E-state index contributed by atoms with van der Waals surface area (Å²) in [5.41, 5.74) is 4.93. The number of aryl methyl sites for hydroxylation is 1. The average molecular weight is 637 g/mol. The van der Waals surface area contributed by atoms with E-state index in [1.807, 2.05) is 110 Å². The summed E-state index contributed by atoms with van der Waals surface area (Å²) in [4.78, 5) is 25.5. The second-order valence-electron chi connectivity index (χ2n) is 10.1. The molecular formula is C36H30BrNO5. The molecule has 5 rings (SSSR count). The molecule has 0 saturated heterocycles. The SMILES string of the molecule is Cc1cccc(COc2ccc(Br)cc2C(=O)NC(Cc2ccc(-c3ccccc3Oc3ccccc3)cc2)C(=O)O)c1. The number of aliphatic carboxylic acids is 1. The van der Waals surface area contributed by atoms with E-state index in [0.29, 0.717) is 16.0 Å². The summed E-state index contributed by atoms with van der Waals surface area (Å²) >= 11 is 3.41. The maximum Gasteiger partial charge on any atom is 0.326 e. The molecule has 0 heterocycles. The molecule has 0 aliphatic rings. The van der Waals surface area contributed by atoms with Crippen LogP contribution in [0.25, 0.3) is 11.1 Å². The minimum Gasteiger partial charge on any atom is -0.488 e. The minimum atomic E-state index is -1.14. The average Bonchev–Trinajstić information content (AvgIpc) is 3.01. The van der Waals surface area contributed by atoms with Gasteiger partial charge in [-0.05, 0) is 60.0 Å². The zero-order valence-corrected chi connectivity index (χ0v) is 25.1. The summed E-state index contributed by atoms with van der Waals surface area (Å²) in [5.74, 6) is 0.159. The molecule has 5 aromatic rings. The highest BCUT2D eigenvalue weighted by atomic mass is 79.9. The first-order valence-electron chi connectivity index (χ1n) is 13.8.